The van der Waals surface area contributed by atoms with Crippen LogP contribution >= 0.6 is 0 Å². The smallest absolute Gasteiger partial charge is 0.318 e. The van der Waals surface area contributed by atoms with Crippen LogP contribution in [0.1, 0.15) is 42.0 Å². The zero-order valence-electron chi connectivity index (χ0n) is 19.4. The van der Waals surface area contributed by atoms with Gasteiger partial charge in [-0.15, -0.1) is 0 Å². The van der Waals surface area contributed by atoms with Gasteiger partial charge in [0.25, 0.3) is 0 Å². The minimum Gasteiger partial charge on any atom is -0.335 e. The number of fused-ring (bicyclic) bond motifs is 3. The molecule has 2 amide bonds. The van der Waals surface area contributed by atoms with Crippen LogP contribution in [0, 0.1) is 17.7 Å². The molecule has 6 nitrogen and oxygen atoms in total. The van der Waals surface area contributed by atoms with E-state index in [2.05, 4.69) is 22.8 Å². The number of carbonyl (C=O) groups excluding carboxylic acids is 1. The van der Waals surface area contributed by atoms with Crippen molar-refractivity contribution in [3.63, 3.8) is 0 Å². The standard InChI is InChI=1S/C26H32FN3O3S/c1-34(32,33)13-11-28-23-16-24(20-14-19(23)15-20)29-26(31)30-12-10-17-4-2-3-5-22(17)25(30)18-6-8-21(27)9-7-18/h2-9,19-20,23-25,28H,10-16H2,1H3,(H,29,31)/t19?,20?,23?,24-,25+/m1/s1. The van der Waals surface area contributed by atoms with Crippen molar-refractivity contribution >= 4 is 15.9 Å². The maximum absolute atomic E-state index is 13.6. The topological polar surface area (TPSA) is 78.5 Å². The van der Waals surface area contributed by atoms with Crippen molar-refractivity contribution in [3.05, 3.63) is 71.0 Å². The number of halogens is 1. The summed E-state index contributed by atoms with van der Waals surface area (Å²) in [4.78, 5) is 15.5. The number of amides is 2. The largest absolute Gasteiger partial charge is 0.335 e. The molecule has 0 aromatic heterocycles. The summed E-state index contributed by atoms with van der Waals surface area (Å²) in [5, 5.41) is 6.73. The van der Waals surface area contributed by atoms with E-state index < -0.39 is 9.84 Å². The zero-order chi connectivity index (χ0) is 23.9. The highest BCUT2D eigenvalue weighted by atomic mass is 32.2. The van der Waals surface area contributed by atoms with E-state index in [0.717, 1.165) is 36.8 Å². The Labute approximate surface area is 200 Å². The summed E-state index contributed by atoms with van der Waals surface area (Å²) in [6.45, 7) is 1.04. The van der Waals surface area contributed by atoms with Crippen molar-refractivity contribution in [2.24, 2.45) is 11.8 Å². The summed E-state index contributed by atoms with van der Waals surface area (Å²) >= 11 is 0. The fraction of sp³-hybridized carbons (Fsp3) is 0.500. The highest BCUT2D eigenvalue weighted by Crippen LogP contribution is 2.46. The fourth-order valence-electron chi connectivity index (χ4n) is 5.91. The van der Waals surface area contributed by atoms with Gasteiger partial charge in [-0.05, 0) is 66.3 Å². The third-order valence-electron chi connectivity index (χ3n) is 7.78. The molecule has 8 heteroatoms. The molecule has 6 rings (SSSR count). The van der Waals surface area contributed by atoms with E-state index in [1.165, 1.54) is 24.0 Å². The first kappa shape index (κ1) is 23.3. The van der Waals surface area contributed by atoms with E-state index in [0.29, 0.717) is 24.9 Å². The number of nitrogens with zero attached hydrogens (tertiary/aromatic N) is 1. The van der Waals surface area contributed by atoms with Gasteiger partial charge in [0.15, 0.2) is 0 Å². The molecule has 2 N–H and O–H groups in total. The van der Waals surface area contributed by atoms with Crippen molar-refractivity contribution in [1.82, 2.24) is 15.5 Å². The first-order chi connectivity index (χ1) is 16.3. The Kier molecular flexibility index (Phi) is 6.37. The van der Waals surface area contributed by atoms with Crippen LogP contribution in [0.25, 0.3) is 0 Å². The Hall–Kier alpha value is -2.45. The maximum Gasteiger partial charge on any atom is 0.318 e. The van der Waals surface area contributed by atoms with Gasteiger partial charge in [-0.1, -0.05) is 36.4 Å². The molecule has 3 atom stereocenters. The van der Waals surface area contributed by atoms with Crippen LogP contribution in [0.15, 0.2) is 48.5 Å². The third kappa shape index (κ3) is 4.84. The van der Waals surface area contributed by atoms with Crippen LogP contribution < -0.4 is 10.6 Å². The summed E-state index contributed by atoms with van der Waals surface area (Å²) in [7, 11) is -3.00. The summed E-state index contributed by atoms with van der Waals surface area (Å²) in [6.07, 6.45) is 4.98. The minimum absolute atomic E-state index is 0.0688. The van der Waals surface area contributed by atoms with Gasteiger partial charge in [0, 0.05) is 31.4 Å². The molecule has 2 aromatic rings. The molecule has 4 aliphatic rings. The SMILES string of the molecule is CS(=O)(=O)CCNC1C[C@@H](NC(=O)N2CCc3ccccc3[C@@H]2c2ccc(F)cc2)C2CC1C2. The Morgan fingerprint density at radius 2 is 1.74 bits per heavy atom. The highest BCUT2D eigenvalue weighted by molar-refractivity contribution is 7.90. The summed E-state index contributed by atoms with van der Waals surface area (Å²) < 4.78 is 36.6. The van der Waals surface area contributed by atoms with E-state index in [4.69, 9.17) is 0 Å². The molecular formula is C26H32FN3O3S. The number of urea groups is 1. The second-order valence-corrected chi connectivity index (χ2v) is 12.3. The van der Waals surface area contributed by atoms with Crippen LogP contribution in [0.5, 0.6) is 0 Å². The van der Waals surface area contributed by atoms with Crippen LogP contribution in [0.3, 0.4) is 0 Å². The molecule has 34 heavy (non-hydrogen) atoms. The number of rotatable bonds is 6. The maximum atomic E-state index is 13.6. The average molecular weight is 486 g/mol. The monoisotopic (exact) mass is 485 g/mol. The lowest BCUT2D eigenvalue weighted by molar-refractivity contribution is 0.0394. The third-order valence-corrected chi connectivity index (χ3v) is 8.72. The highest BCUT2D eigenvalue weighted by Gasteiger charge is 2.47. The number of carbonyl (C=O) groups is 1. The quantitative estimate of drug-likeness (QED) is 0.658. The molecule has 182 valence electrons. The number of hydrogen-bond acceptors (Lipinski definition) is 4. The molecule has 1 heterocycles. The predicted molar refractivity (Wildman–Crippen MR) is 130 cm³/mol. The zero-order valence-corrected chi connectivity index (χ0v) is 20.2. The Bertz CT molecular complexity index is 1150. The first-order valence-electron chi connectivity index (χ1n) is 12.1. The first-order valence-corrected chi connectivity index (χ1v) is 14.2. The van der Waals surface area contributed by atoms with E-state index in [-0.39, 0.29) is 35.7 Å². The molecule has 3 fully saturated rings. The lowest BCUT2D eigenvalue weighted by Gasteiger charge is -2.52. The van der Waals surface area contributed by atoms with Crippen molar-refractivity contribution in [2.75, 3.05) is 25.1 Å². The minimum atomic E-state index is -3.00. The molecule has 2 bridgehead atoms. The molecule has 3 saturated carbocycles. The molecule has 0 radical (unpaired) electrons. The van der Waals surface area contributed by atoms with Gasteiger partial charge in [-0.25, -0.2) is 17.6 Å². The summed E-state index contributed by atoms with van der Waals surface area (Å²) in [6, 6.07) is 14.5. The summed E-state index contributed by atoms with van der Waals surface area (Å²) in [5.41, 5.74) is 3.20. The Morgan fingerprint density at radius 3 is 2.47 bits per heavy atom. The van der Waals surface area contributed by atoms with Crippen molar-refractivity contribution in [2.45, 2.75) is 43.8 Å². The van der Waals surface area contributed by atoms with Gasteiger partial charge < -0.3 is 15.5 Å². The van der Waals surface area contributed by atoms with Crippen LogP contribution in [0.2, 0.25) is 0 Å². The van der Waals surface area contributed by atoms with Gasteiger partial charge in [0.05, 0.1) is 11.8 Å². The van der Waals surface area contributed by atoms with E-state index in [1.54, 1.807) is 12.1 Å². The molecule has 1 aliphatic heterocycles. The van der Waals surface area contributed by atoms with Gasteiger partial charge in [-0.3, -0.25) is 0 Å². The summed E-state index contributed by atoms with van der Waals surface area (Å²) in [5.74, 6) is 0.873. The Balaban J connectivity index is 1.31. The van der Waals surface area contributed by atoms with Gasteiger partial charge in [0.1, 0.15) is 15.7 Å². The van der Waals surface area contributed by atoms with E-state index in [1.807, 2.05) is 17.0 Å². The van der Waals surface area contributed by atoms with Crippen LogP contribution in [0.4, 0.5) is 9.18 Å². The van der Waals surface area contributed by atoms with Gasteiger partial charge >= 0.3 is 6.03 Å². The lowest BCUT2D eigenvalue weighted by Crippen LogP contribution is -2.61. The van der Waals surface area contributed by atoms with E-state index in [9.17, 15) is 17.6 Å². The second-order valence-electron chi connectivity index (χ2n) is 10.1. The van der Waals surface area contributed by atoms with Gasteiger partial charge in [0.2, 0.25) is 0 Å². The van der Waals surface area contributed by atoms with Crippen molar-refractivity contribution in [1.29, 1.82) is 0 Å². The Morgan fingerprint density at radius 1 is 1.03 bits per heavy atom. The second kappa shape index (κ2) is 9.30. The van der Waals surface area contributed by atoms with Gasteiger partial charge in [-0.2, -0.15) is 0 Å². The van der Waals surface area contributed by atoms with Crippen LogP contribution in [-0.4, -0.2) is 56.5 Å². The number of benzene rings is 2. The molecule has 1 unspecified atom stereocenters. The molecular weight excluding hydrogens is 453 g/mol. The average Bonchev–Trinajstić information content (AvgIpc) is 2.77. The van der Waals surface area contributed by atoms with Crippen molar-refractivity contribution in [3.8, 4) is 0 Å². The lowest BCUT2D eigenvalue weighted by atomic mass is 9.60. The van der Waals surface area contributed by atoms with Crippen LogP contribution in [-0.2, 0) is 16.3 Å². The molecule has 0 spiro atoms. The predicted octanol–water partition coefficient (Wildman–Crippen LogP) is 3.28. The van der Waals surface area contributed by atoms with E-state index >= 15 is 0 Å². The number of hydrogen-bond donors (Lipinski definition) is 2. The normalized spacial score (nSPS) is 28.1. The molecule has 2 aromatic carbocycles. The molecule has 3 aliphatic carbocycles. The number of sulfone groups is 1. The molecule has 0 saturated heterocycles. The van der Waals surface area contributed by atoms with Crippen molar-refractivity contribution < 1.29 is 17.6 Å². The fourth-order valence-corrected chi connectivity index (χ4v) is 6.40. The number of nitrogens with one attached hydrogen (secondary N) is 2.